The Kier molecular flexibility index (Phi) is 5.05. The van der Waals surface area contributed by atoms with Gasteiger partial charge in [-0.2, -0.15) is 13.2 Å². The van der Waals surface area contributed by atoms with E-state index in [0.717, 1.165) is 44.8 Å². The fourth-order valence-electron chi connectivity index (χ4n) is 2.93. The first-order chi connectivity index (χ1) is 9.54. The summed E-state index contributed by atoms with van der Waals surface area (Å²) in [5, 5.41) is 0. The van der Waals surface area contributed by atoms with Crippen molar-refractivity contribution >= 4 is 0 Å². The SMILES string of the molecule is NCC(c1ccccc1C(F)(F)F)N1CCCCCC1. The Morgan fingerprint density at radius 2 is 1.65 bits per heavy atom. The molecule has 0 aliphatic carbocycles. The predicted molar refractivity (Wildman–Crippen MR) is 73.3 cm³/mol. The minimum atomic E-state index is -4.32. The molecular weight excluding hydrogens is 265 g/mol. The highest BCUT2D eigenvalue weighted by atomic mass is 19.4. The molecule has 0 spiro atoms. The van der Waals surface area contributed by atoms with Crippen LogP contribution in [0.5, 0.6) is 0 Å². The van der Waals surface area contributed by atoms with Crippen LogP contribution >= 0.6 is 0 Å². The number of hydrogen-bond donors (Lipinski definition) is 1. The third kappa shape index (κ3) is 3.52. The van der Waals surface area contributed by atoms with E-state index in [-0.39, 0.29) is 12.6 Å². The summed E-state index contributed by atoms with van der Waals surface area (Å²) in [7, 11) is 0. The number of benzene rings is 1. The summed E-state index contributed by atoms with van der Waals surface area (Å²) in [4.78, 5) is 2.11. The zero-order valence-electron chi connectivity index (χ0n) is 11.5. The zero-order chi connectivity index (χ0) is 14.6. The largest absolute Gasteiger partial charge is 0.416 e. The van der Waals surface area contributed by atoms with Crippen molar-refractivity contribution in [3.8, 4) is 0 Å². The Morgan fingerprint density at radius 1 is 1.05 bits per heavy atom. The molecule has 1 heterocycles. The van der Waals surface area contributed by atoms with Crippen molar-refractivity contribution in [2.75, 3.05) is 19.6 Å². The van der Waals surface area contributed by atoms with E-state index in [1.165, 1.54) is 6.07 Å². The Labute approximate surface area is 117 Å². The van der Waals surface area contributed by atoms with E-state index < -0.39 is 11.7 Å². The van der Waals surface area contributed by atoms with Crippen LogP contribution in [0.15, 0.2) is 24.3 Å². The molecule has 1 aliphatic rings. The highest BCUT2D eigenvalue weighted by Gasteiger charge is 2.35. The zero-order valence-corrected chi connectivity index (χ0v) is 11.5. The second-order valence-electron chi connectivity index (χ2n) is 5.29. The van der Waals surface area contributed by atoms with E-state index in [0.29, 0.717) is 5.56 Å². The van der Waals surface area contributed by atoms with E-state index in [1.54, 1.807) is 12.1 Å². The van der Waals surface area contributed by atoms with Gasteiger partial charge in [0.05, 0.1) is 5.56 Å². The first kappa shape index (κ1) is 15.3. The third-order valence-electron chi connectivity index (χ3n) is 3.93. The van der Waals surface area contributed by atoms with E-state index in [2.05, 4.69) is 4.90 Å². The maximum atomic E-state index is 13.1. The van der Waals surface area contributed by atoms with Crippen molar-refractivity contribution in [2.45, 2.75) is 37.9 Å². The fourth-order valence-corrected chi connectivity index (χ4v) is 2.93. The van der Waals surface area contributed by atoms with Crippen molar-refractivity contribution in [2.24, 2.45) is 5.73 Å². The summed E-state index contributed by atoms with van der Waals surface area (Å²) >= 11 is 0. The molecule has 1 aromatic carbocycles. The van der Waals surface area contributed by atoms with Gasteiger partial charge in [-0.1, -0.05) is 31.0 Å². The first-order valence-corrected chi connectivity index (χ1v) is 7.14. The molecule has 1 atom stereocenters. The summed E-state index contributed by atoms with van der Waals surface area (Å²) in [5.41, 5.74) is 5.54. The monoisotopic (exact) mass is 286 g/mol. The summed E-state index contributed by atoms with van der Waals surface area (Å²) in [6.07, 6.45) is 0.0364. The molecule has 112 valence electrons. The Bertz CT molecular complexity index is 423. The first-order valence-electron chi connectivity index (χ1n) is 7.14. The molecule has 0 aromatic heterocycles. The molecule has 20 heavy (non-hydrogen) atoms. The normalized spacial score (nSPS) is 19.6. The lowest BCUT2D eigenvalue weighted by Crippen LogP contribution is -2.35. The number of nitrogens with zero attached hydrogens (tertiary/aromatic N) is 1. The highest BCUT2D eigenvalue weighted by Crippen LogP contribution is 2.36. The average Bonchev–Trinajstić information content (AvgIpc) is 2.68. The minimum absolute atomic E-state index is 0.215. The number of rotatable bonds is 3. The van der Waals surface area contributed by atoms with Gasteiger partial charge in [-0.25, -0.2) is 0 Å². The molecule has 0 saturated carbocycles. The Balaban J connectivity index is 2.31. The lowest BCUT2D eigenvalue weighted by molar-refractivity contribution is -0.138. The van der Waals surface area contributed by atoms with Gasteiger partial charge in [0, 0.05) is 12.6 Å². The molecule has 2 rings (SSSR count). The summed E-state index contributed by atoms with van der Waals surface area (Å²) in [5.74, 6) is 0. The van der Waals surface area contributed by atoms with Crippen LogP contribution in [0.2, 0.25) is 0 Å². The third-order valence-corrected chi connectivity index (χ3v) is 3.93. The summed E-state index contributed by atoms with van der Waals surface area (Å²) in [6, 6.07) is 5.46. The maximum Gasteiger partial charge on any atom is 0.416 e. The molecule has 1 saturated heterocycles. The summed E-state index contributed by atoms with van der Waals surface area (Å²) < 4.78 is 39.4. The van der Waals surface area contributed by atoms with Gasteiger partial charge in [0.2, 0.25) is 0 Å². The van der Waals surface area contributed by atoms with Gasteiger partial charge >= 0.3 is 6.18 Å². The van der Waals surface area contributed by atoms with E-state index in [4.69, 9.17) is 5.73 Å². The van der Waals surface area contributed by atoms with Gasteiger partial charge in [-0.3, -0.25) is 4.90 Å². The van der Waals surface area contributed by atoms with E-state index in [1.807, 2.05) is 0 Å². The van der Waals surface area contributed by atoms with Crippen LogP contribution < -0.4 is 5.73 Å². The predicted octanol–water partition coefficient (Wildman–Crippen LogP) is 3.58. The van der Waals surface area contributed by atoms with Crippen LogP contribution in [0, 0.1) is 0 Å². The maximum absolute atomic E-state index is 13.1. The van der Waals surface area contributed by atoms with Gasteiger partial charge in [0.1, 0.15) is 0 Å². The molecule has 2 nitrogen and oxygen atoms in total. The molecule has 1 aromatic rings. The van der Waals surface area contributed by atoms with Gasteiger partial charge in [-0.05, 0) is 37.6 Å². The molecule has 1 aliphatic heterocycles. The molecule has 2 N–H and O–H groups in total. The molecule has 1 unspecified atom stereocenters. The van der Waals surface area contributed by atoms with Crippen molar-refractivity contribution in [1.82, 2.24) is 4.90 Å². The Morgan fingerprint density at radius 3 is 2.20 bits per heavy atom. The van der Waals surface area contributed by atoms with Crippen LogP contribution in [-0.2, 0) is 6.18 Å². The fraction of sp³-hybridized carbons (Fsp3) is 0.600. The Hall–Kier alpha value is -1.07. The lowest BCUT2D eigenvalue weighted by atomic mass is 9.98. The molecular formula is C15H21F3N2. The van der Waals surface area contributed by atoms with Crippen LogP contribution in [0.3, 0.4) is 0 Å². The number of alkyl halides is 3. The second kappa shape index (κ2) is 6.59. The molecule has 0 amide bonds. The summed E-state index contributed by atoms with van der Waals surface area (Å²) in [6.45, 7) is 1.87. The number of likely N-dealkylation sites (tertiary alicyclic amines) is 1. The van der Waals surface area contributed by atoms with Gasteiger partial charge in [-0.15, -0.1) is 0 Å². The minimum Gasteiger partial charge on any atom is -0.329 e. The smallest absolute Gasteiger partial charge is 0.329 e. The van der Waals surface area contributed by atoms with Gasteiger partial charge in [0.25, 0.3) is 0 Å². The lowest BCUT2D eigenvalue weighted by Gasteiger charge is -2.31. The van der Waals surface area contributed by atoms with Crippen LogP contribution in [-0.4, -0.2) is 24.5 Å². The van der Waals surface area contributed by atoms with Crippen LogP contribution in [0.1, 0.15) is 42.9 Å². The molecule has 0 radical (unpaired) electrons. The van der Waals surface area contributed by atoms with E-state index >= 15 is 0 Å². The molecule has 5 heteroatoms. The molecule has 0 bridgehead atoms. The molecule has 1 fully saturated rings. The number of nitrogens with two attached hydrogens (primary N) is 1. The standard InChI is InChI=1S/C15H21F3N2/c16-15(17,18)13-8-4-3-7-12(13)14(11-19)20-9-5-1-2-6-10-20/h3-4,7-8,14H,1-2,5-6,9-11,19H2. The van der Waals surface area contributed by atoms with Crippen molar-refractivity contribution < 1.29 is 13.2 Å². The van der Waals surface area contributed by atoms with Crippen LogP contribution in [0.4, 0.5) is 13.2 Å². The average molecular weight is 286 g/mol. The van der Waals surface area contributed by atoms with Crippen molar-refractivity contribution in [3.63, 3.8) is 0 Å². The van der Waals surface area contributed by atoms with Crippen molar-refractivity contribution in [3.05, 3.63) is 35.4 Å². The van der Waals surface area contributed by atoms with Crippen LogP contribution in [0.25, 0.3) is 0 Å². The second-order valence-corrected chi connectivity index (χ2v) is 5.29. The van der Waals surface area contributed by atoms with Gasteiger partial charge < -0.3 is 5.73 Å². The number of halogens is 3. The number of hydrogen-bond acceptors (Lipinski definition) is 2. The highest BCUT2D eigenvalue weighted by molar-refractivity contribution is 5.32. The topological polar surface area (TPSA) is 29.3 Å². The van der Waals surface area contributed by atoms with Crippen molar-refractivity contribution in [1.29, 1.82) is 0 Å². The van der Waals surface area contributed by atoms with E-state index in [9.17, 15) is 13.2 Å². The van der Waals surface area contributed by atoms with Gasteiger partial charge in [0.15, 0.2) is 0 Å². The quantitative estimate of drug-likeness (QED) is 0.920.